The highest BCUT2D eigenvalue weighted by molar-refractivity contribution is 6.35. The Bertz CT molecular complexity index is 552. The van der Waals surface area contributed by atoms with E-state index in [-0.39, 0.29) is 6.04 Å². The van der Waals surface area contributed by atoms with Gasteiger partial charge in [0.25, 0.3) is 0 Å². The summed E-state index contributed by atoms with van der Waals surface area (Å²) in [4.78, 5) is 6.84. The zero-order valence-corrected chi connectivity index (χ0v) is 12.2. The van der Waals surface area contributed by atoms with Gasteiger partial charge in [0.1, 0.15) is 0 Å². The molecule has 102 valence electrons. The summed E-state index contributed by atoms with van der Waals surface area (Å²) >= 11 is 6.24. The molecule has 0 spiro atoms. The molecule has 0 aliphatic heterocycles. The smallest absolute Gasteiger partial charge is 0.0765 e. The van der Waals surface area contributed by atoms with Crippen molar-refractivity contribution in [1.82, 2.24) is 9.88 Å². The number of hydrogen-bond acceptors (Lipinski definition) is 3. The zero-order valence-electron chi connectivity index (χ0n) is 11.4. The fourth-order valence-corrected chi connectivity index (χ4v) is 2.78. The molecule has 2 N–H and O–H groups in total. The molecular formula is C15H20ClN3. The van der Waals surface area contributed by atoms with E-state index in [1.165, 1.54) is 0 Å². The predicted octanol–water partition coefficient (Wildman–Crippen LogP) is 3.23. The SMILES string of the molecule is CCN(CC)C(CN)c1ccc(Cl)c2cccnc12. The van der Waals surface area contributed by atoms with Crippen LogP contribution < -0.4 is 5.73 Å². The van der Waals surface area contributed by atoms with Crippen LogP contribution >= 0.6 is 11.6 Å². The Hall–Kier alpha value is -1.16. The molecule has 2 rings (SSSR count). The van der Waals surface area contributed by atoms with Crippen LogP contribution in [0.1, 0.15) is 25.5 Å². The van der Waals surface area contributed by atoms with Crippen molar-refractivity contribution < 1.29 is 0 Å². The molecule has 2 aromatic rings. The van der Waals surface area contributed by atoms with Gasteiger partial charge in [0.15, 0.2) is 0 Å². The maximum absolute atomic E-state index is 6.24. The van der Waals surface area contributed by atoms with Crippen molar-refractivity contribution in [3.8, 4) is 0 Å². The summed E-state index contributed by atoms with van der Waals surface area (Å²) in [5.41, 5.74) is 8.10. The Morgan fingerprint density at radius 1 is 1.26 bits per heavy atom. The van der Waals surface area contributed by atoms with E-state index in [2.05, 4.69) is 23.7 Å². The number of nitrogens with two attached hydrogens (primary N) is 1. The number of pyridine rings is 1. The Balaban J connectivity index is 2.57. The summed E-state index contributed by atoms with van der Waals surface area (Å²) in [6, 6.07) is 8.09. The molecule has 0 bridgehead atoms. The van der Waals surface area contributed by atoms with Crippen molar-refractivity contribution in [3.63, 3.8) is 0 Å². The lowest BCUT2D eigenvalue weighted by Crippen LogP contribution is -2.33. The summed E-state index contributed by atoms with van der Waals surface area (Å²) < 4.78 is 0. The van der Waals surface area contributed by atoms with Gasteiger partial charge < -0.3 is 5.73 Å². The van der Waals surface area contributed by atoms with Crippen molar-refractivity contribution in [1.29, 1.82) is 0 Å². The van der Waals surface area contributed by atoms with Crippen molar-refractivity contribution in [2.24, 2.45) is 5.73 Å². The molecule has 0 amide bonds. The summed E-state index contributed by atoms with van der Waals surface area (Å²) in [6.45, 7) is 6.81. The minimum absolute atomic E-state index is 0.185. The van der Waals surface area contributed by atoms with Gasteiger partial charge in [0.2, 0.25) is 0 Å². The van der Waals surface area contributed by atoms with Crippen LogP contribution in [-0.2, 0) is 0 Å². The molecule has 1 atom stereocenters. The van der Waals surface area contributed by atoms with Gasteiger partial charge in [0, 0.05) is 29.2 Å². The second-order valence-electron chi connectivity index (χ2n) is 4.51. The van der Waals surface area contributed by atoms with Crippen LogP contribution in [0.5, 0.6) is 0 Å². The van der Waals surface area contributed by atoms with Gasteiger partial charge in [-0.3, -0.25) is 9.88 Å². The number of benzene rings is 1. The van der Waals surface area contributed by atoms with Crippen molar-refractivity contribution in [3.05, 3.63) is 41.0 Å². The van der Waals surface area contributed by atoms with E-state index >= 15 is 0 Å². The summed E-state index contributed by atoms with van der Waals surface area (Å²) in [6.07, 6.45) is 1.80. The normalized spacial score (nSPS) is 13.1. The maximum Gasteiger partial charge on any atom is 0.0765 e. The Kier molecular flexibility index (Phi) is 4.75. The highest BCUT2D eigenvalue weighted by Gasteiger charge is 2.19. The van der Waals surface area contributed by atoms with E-state index in [1.54, 1.807) is 6.20 Å². The van der Waals surface area contributed by atoms with Crippen molar-refractivity contribution in [2.75, 3.05) is 19.6 Å². The van der Waals surface area contributed by atoms with E-state index in [0.29, 0.717) is 6.54 Å². The van der Waals surface area contributed by atoms with Crippen LogP contribution in [0.25, 0.3) is 10.9 Å². The van der Waals surface area contributed by atoms with E-state index < -0.39 is 0 Å². The minimum Gasteiger partial charge on any atom is -0.329 e. The Labute approximate surface area is 119 Å². The number of halogens is 1. The first kappa shape index (κ1) is 14.3. The van der Waals surface area contributed by atoms with Crippen LogP contribution in [0, 0.1) is 0 Å². The summed E-state index contributed by atoms with van der Waals surface area (Å²) in [5, 5.41) is 1.73. The first-order chi connectivity index (χ1) is 9.22. The van der Waals surface area contributed by atoms with Gasteiger partial charge >= 0.3 is 0 Å². The molecule has 1 aromatic heterocycles. The van der Waals surface area contributed by atoms with Gasteiger partial charge in [-0.25, -0.2) is 0 Å². The number of hydrogen-bond donors (Lipinski definition) is 1. The van der Waals surface area contributed by atoms with Gasteiger partial charge in [-0.1, -0.05) is 31.5 Å². The second kappa shape index (κ2) is 6.33. The average Bonchev–Trinajstić information content (AvgIpc) is 2.46. The van der Waals surface area contributed by atoms with Gasteiger partial charge in [-0.05, 0) is 36.9 Å². The van der Waals surface area contributed by atoms with E-state index in [4.69, 9.17) is 17.3 Å². The molecule has 4 heteroatoms. The third kappa shape index (κ3) is 2.73. The molecule has 0 saturated heterocycles. The predicted molar refractivity (Wildman–Crippen MR) is 81.5 cm³/mol. The molecule has 0 fully saturated rings. The fraction of sp³-hybridized carbons (Fsp3) is 0.400. The highest BCUT2D eigenvalue weighted by Crippen LogP contribution is 2.30. The van der Waals surface area contributed by atoms with Crippen molar-refractivity contribution >= 4 is 22.5 Å². The minimum atomic E-state index is 0.185. The van der Waals surface area contributed by atoms with Crippen molar-refractivity contribution in [2.45, 2.75) is 19.9 Å². The van der Waals surface area contributed by atoms with E-state index in [9.17, 15) is 0 Å². The Morgan fingerprint density at radius 3 is 2.63 bits per heavy atom. The van der Waals surface area contributed by atoms with Gasteiger partial charge in [-0.15, -0.1) is 0 Å². The van der Waals surface area contributed by atoms with Crippen LogP contribution in [0.3, 0.4) is 0 Å². The third-order valence-corrected chi connectivity index (χ3v) is 3.91. The maximum atomic E-state index is 6.24. The van der Waals surface area contributed by atoms with Crippen LogP contribution in [-0.4, -0.2) is 29.5 Å². The lowest BCUT2D eigenvalue weighted by Gasteiger charge is -2.29. The first-order valence-corrected chi connectivity index (χ1v) is 7.07. The summed E-state index contributed by atoms with van der Waals surface area (Å²) in [5.74, 6) is 0. The molecule has 0 radical (unpaired) electrons. The number of fused-ring (bicyclic) bond motifs is 1. The topological polar surface area (TPSA) is 42.1 Å². The average molecular weight is 278 g/mol. The molecule has 0 aliphatic carbocycles. The van der Waals surface area contributed by atoms with Gasteiger partial charge in [-0.2, -0.15) is 0 Å². The first-order valence-electron chi connectivity index (χ1n) is 6.70. The fourth-order valence-electron chi connectivity index (χ4n) is 2.57. The van der Waals surface area contributed by atoms with Gasteiger partial charge in [0.05, 0.1) is 5.52 Å². The zero-order chi connectivity index (χ0) is 13.8. The monoisotopic (exact) mass is 277 g/mol. The highest BCUT2D eigenvalue weighted by atomic mass is 35.5. The molecule has 1 unspecified atom stereocenters. The van der Waals surface area contributed by atoms with E-state index in [1.807, 2.05) is 24.3 Å². The standard InChI is InChI=1S/C15H20ClN3/c1-3-19(4-2)14(10-17)12-7-8-13(16)11-6-5-9-18-15(11)12/h5-9,14H,3-4,10,17H2,1-2H3. The van der Waals surface area contributed by atoms with Crippen LogP contribution in [0.4, 0.5) is 0 Å². The number of nitrogens with zero attached hydrogens (tertiary/aromatic N) is 2. The molecule has 19 heavy (non-hydrogen) atoms. The quantitative estimate of drug-likeness (QED) is 0.912. The largest absolute Gasteiger partial charge is 0.329 e. The molecule has 1 aromatic carbocycles. The summed E-state index contributed by atoms with van der Waals surface area (Å²) in [7, 11) is 0. The molecule has 0 aliphatic rings. The number of rotatable bonds is 5. The second-order valence-corrected chi connectivity index (χ2v) is 4.92. The Morgan fingerprint density at radius 2 is 2.00 bits per heavy atom. The molecule has 1 heterocycles. The number of aromatic nitrogens is 1. The molecule has 0 saturated carbocycles. The van der Waals surface area contributed by atoms with Crippen LogP contribution in [0.15, 0.2) is 30.5 Å². The van der Waals surface area contributed by atoms with E-state index in [0.717, 1.165) is 34.6 Å². The lowest BCUT2D eigenvalue weighted by molar-refractivity contribution is 0.225. The number of likely N-dealkylation sites (N-methyl/N-ethyl adjacent to an activating group) is 1. The molecule has 3 nitrogen and oxygen atoms in total. The molecular weight excluding hydrogens is 258 g/mol. The lowest BCUT2D eigenvalue weighted by atomic mass is 10.0. The van der Waals surface area contributed by atoms with Crippen LogP contribution in [0.2, 0.25) is 5.02 Å². The third-order valence-electron chi connectivity index (χ3n) is 3.58.